The average Bonchev–Trinajstić information content (AvgIpc) is 2.41. The number of nitrogens with two attached hydrogens (primary N) is 1. The second-order valence-electron chi connectivity index (χ2n) is 4.45. The molecule has 0 aliphatic rings. The minimum Gasteiger partial charge on any atom is -0.494 e. The highest BCUT2D eigenvalue weighted by atomic mass is 16.5. The molecule has 0 bridgehead atoms. The number of rotatable bonds is 9. The maximum atomic E-state index is 6.06. The molecule has 0 aliphatic carbocycles. The quantitative estimate of drug-likeness (QED) is 0.685. The lowest BCUT2D eigenvalue weighted by atomic mass is 10.1. The van der Waals surface area contributed by atoms with Gasteiger partial charge in [0, 0.05) is 6.61 Å². The Morgan fingerprint density at radius 2 is 1.78 bits per heavy atom. The molecular weight excluding hydrogens is 226 g/mol. The normalized spacial score (nSPS) is 12.4. The topological polar surface area (TPSA) is 44.5 Å². The molecule has 1 atom stereocenters. The molecule has 0 spiro atoms. The van der Waals surface area contributed by atoms with Gasteiger partial charge in [0.25, 0.3) is 0 Å². The van der Waals surface area contributed by atoms with Crippen molar-refractivity contribution in [2.45, 2.75) is 39.2 Å². The van der Waals surface area contributed by atoms with Gasteiger partial charge in [-0.2, -0.15) is 0 Å². The van der Waals surface area contributed by atoms with E-state index in [0.29, 0.717) is 6.61 Å². The van der Waals surface area contributed by atoms with Crippen LogP contribution in [0.4, 0.5) is 0 Å². The van der Waals surface area contributed by atoms with Gasteiger partial charge in [-0.1, -0.05) is 32.4 Å². The minimum atomic E-state index is -0.0536. The maximum absolute atomic E-state index is 6.06. The van der Waals surface area contributed by atoms with E-state index < -0.39 is 0 Å². The number of benzene rings is 1. The van der Waals surface area contributed by atoms with Crippen LogP contribution in [0.5, 0.6) is 5.75 Å². The molecule has 0 radical (unpaired) electrons. The lowest BCUT2D eigenvalue weighted by Gasteiger charge is -2.13. The monoisotopic (exact) mass is 251 g/mol. The molecule has 0 fully saturated rings. The van der Waals surface area contributed by atoms with Crippen LogP contribution < -0.4 is 10.5 Å². The van der Waals surface area contributed by atoms with Crippen molar-refractivity contribution in [2.24, 2.45) is 5.73 Å². The summed E-state index contributed by atoms with van der Waals surface area (Å²) < 4.78 is 11.1. The zero-order valence-corrected chi connectivity index (χ0v) is 11.5. The van der Waals surface area contributed by atoms with Gasteiger partial charge in [0.1, 0.15) is 5.75 Å². The van der Waals surface area contributed by atoms with Gasteiger partial charge >= 0.3 is 0 Å². The molecule has 0 saturated heterocycles. The van der Waals surface area contributed by atoms with Crippen LogP contribution in [0.1, 0.15) is 44.7 Å². The predicted octanol–water partition coefficient (Wildman–Crippen LogP) is 3.29. The van der Waals surface area contributed by atoms with Crippen molar-refractivity contribution in [1.82, 2.24) is 0 Å². The van der Waals surface area contributed by atoms with Crippen LogP contribution >= 0.6 is 0 Å². The molecule has 1 aromatic rings. The fourth-order valence-electron chi connectivity index (χ4n) is 1.58. The van der Waals surface area contributed by atoms with Gasteiger partial charge in [0.05, 0.1) is 19.3 Å². The van der Waals surface area contributed by atoms with E-state index in [2.05, 4.69) is 13.8 Å². The number of hydrogen-bond donors (Lipinski definition) is 1. The molecule has 2 N–H and O–H groups in total. The zero-order valence-electron chi connectivity index (χ0n) is 11.5. The van der Waals surface area contributed by atoms with Gasteiger partial charge in [0.15, 0.2) is 0 Å². The second-order valence-corrected chi connectivity index (χ2v) is 4.45. The Morgan fingerprint density at radius 1 is 1.06 bits per heavy atom. The average molecular weight is 251 g/mol. The Hall–Kier alpha value is -1.06. The molecular formula is C15H25NO2. The molecule has 0 saturated carbocycles. The standard InChI is InChI=1S/C15H25NO2/c1-3-5-11-17-12-15(16)13-6-8-14(9-7-13)18-10-4-2/h6-9,15H,3-5,10-12,16H2,1-2H3. The molecule has 102 valence electrons. The van der Waals surface area contributed by atoms with Crippen molar-refractivity contribution in [3.8, 4) is 5.75 Å². The summed E-state index contributed by atoms with van der Waals surface area (Å²) in [5, 5.41) is 0. The largest absolute Gasteiger partial charge is 0.494 e. The van der Waals surface area contributed by atoms with Crippen molar-refractivity contribution in [3.05, 3.63) is 29.8 Å². The van der Waals surface area contributed by atoms with E-state index in [1.165, 1.54) is 0 Å². The van der Waals surface area contributed by atoms with Gasteiger partial charge in [0.2, 0.25) is 0 Å². The highest BCUT2D eigenvalue weighted by Crippen LogP contribution is 2.17. The molecule has 1 unspecified atom stereocenters. The van der Waals surface area contributed by atoms with E-state index in [1.807, 2.05) is 24.3 Å². The summed E-state index contributed by atoms with van der Waals surface area (Å²) in [6.07, 6.45) is 3.27. The number of unbranched alkanes of at least 4 members (excludes halogenated alkanes) is 1. The van der Waals surface area contributed by atoms with E-state index in [0.717, 1.165) is 43.8 Å². The van der Waals surface area contributed by atoms with Crippen molar-refractivity contribution in [3.63, 3.8) is 0 Å². The SMILES string of the molecule is CCCCOCC(N)c1ccc(OCCC)cc1. The van der Waals surface area contributed by atoms with E-state index in [4.69, 9.17) is 15.2 Å². The summed E-state index contributed by atoms with van der Waals surface area (Å²) >= 11 is 0. The lowest BCUT2D eigenvalue weighted by molar-refractivity contribution is 0.118. The van der Waals surface area contributed by atoms with Crippen LogP contribution in [-0.4, -0.2) is 19.8 Å². The molecule has 0 aliphatic heterocycles. The first-order chi connectivity index (χ1) is 8.77. The van der Waals surface area contributed by atoms with Crippen LogP contribution in [0.25, 0.3) is 0 Å². The van der Waals surface area contributed by atoms with Crippen molar-refractivity contribution >= 4 is 0 Å². The summed E-state index contributed by atoms with van der Waals surface area (Å²) in [7, 11) is 0. The fourth-order valence-corrected chi connectivity index (χ4v) is 1.58. The second kappa shape index (κ2) is 8.95. The van der Waals surface area contributed by atoms with E-state index in [-0.39, 0.29) is 6.04 Å². The van der Waals surface area contributed by atoms with Crippen LogP contribution in [0.15, 0.2) is 24.3 Å². The Balaban J connectivity index is 2.36. The van der Waals surface area contributed by atoms with E-state index in [9.17, 15) is 0 Å². The first kappa shape index (κ1) is 15.0. The molecule has 0 aromatic heterocycles. The van der Waals surface area contributed by atoms with E-state index in [1.54, 1.807) is 0 Å². The van der Waals surface area contributed by atoms with Crippen molar-refractivity contribution < 1.29 is 9.47 Å². The first-order valence-electron chi connectivity index (χ1n) is 6.84. The summed E-state index contributed by atoms with van der Waals surface area (Å²) in [5.41, 5.74) is 7.15. The van der Waals surface area contributed by atoms with Gasteiger partial charge in [-0.05, 0) is 30.5 Å². The Bertz CT molecular complexity index is 311. The maximum Gasteiger partial charge on any atom is 0.119 e. The number of ether oxygens (including phenoxy) is 2. The predicted molar refractivity (Wildman–Crippen MR) is 74.9 cm³/mol. The fraction of sp³-hybridized carbons (Fsp3) is 0.600. The Morgan fingerprint density at radius 3 is 2.39 bits per heavy atom. The van der Waals surface area contributed by atoms with E-state index >= 15 is 0 Å². The molecule has 0 amide bonds. The zero-order chi connectivity index (χ0) is 13.2. The minimum absolute atomic E-state index is 0.0536. The third-order valence-electron chi connectivity index (χ3n) is 2.72. The highest BCUT2D eigenvalue weighted by Gasteiger charge is 2.06. The molecule has 3 nitrogen and oxygen atoms in total. The van der Waals surface area contributed by atoms with Crippen LogP contribution in [0, 0.1) is 0 Å². The smallest absolute Gasteiger partial charge is 0.119 e. The summed E-state index contributed by atoms with van der Waals surface area (Å²) in [6, 6.07) is 7.91. The van der Waals surface area contributed by atoms with Gasteiger partial charge in [-0.25, -0.2) is 0 Å². The van der Waals surface area contributed by atoms with Crippen molar-refractivity contribution in [2.75, 3.05) is 19.8 Å². The third kappa shape index (κ3) is 5.52. The molecule has 0 heterocycles. The summed E-state index contributed by atoms with van der Waals surface area (Å²) in [5.74, 6) is 0.903. The lowest BCUT2D eigenvalue weighted by Crippen LogP contribution is -2.17. The first-order valence-corrected chi connectivity index (χ1v) is 6.84. The molecule has 1 rings (SSSR count). The molecule has 18 heavy (non-hydrogen) atoms. The molecule has 1 aromatic carbocycles. The number of hydrogen-bond acceptors (Lipinski definition) is 3. The van der Waals surface area contributed by atoms with Crippen molar-refractivity contribution in [1.29, 1.82) is 0 Å². The highest BCUT2D eigenvalue weighted by molar-refractivity contribution is 5.29. The van der Waals surface area contributed by atoms with Gasteiger partial charge < -0.3 is 15.2 Å². The Kier molecular flexibility index (Phi) is 7.46. The third-order valence-corrected chi connectivity index (χ3v) is 2.72. The van der Waals surface area contributed by atoms with Crippen LogP contribution in [-0.2, 0) is 4.74 Å². The summed E-state index contributed by atoms with van der Waals surface area (Å²) in [6.45, 7) is 6.37. The van der Waals surface area contributed by atoms with Gasteiger partial charge in [-0.3, -0.25) is 0 Å². The van der Waals surface area contributed by atoms with Crippen LogP contribution in [0.3, 0.4) is 0 Å². The Labute approximate surface area is 110 Å². The van der Waals surface area contributed by atoms with Gasteiger partial charge in [-0.15, -0.1) is 0 Å². The summed E-state index contributed by atoms with van der Waals surface area (Å²) in [4.78, 5) is 0. The molecule has 3 heteroatoms. The van der Waals surface area contributed by atoms with Crippen LogP contribution in [0.2, 0.25) is 0 Å².